The van der Waals surface area contributed by atoms with Gasteiger partial charge >= 0.3 is 11.8 Å². The van der Waals surface area contributed by atoms with Gasteiger partial charge in [-0.3, -0.25) is 34.6 Å². The number of hydrogen-bond acceptors (Lipinski definition) is 18. The van der Waals surface area contributed by atoms with E-state index in [1.165, 1.54) is 71.8 Å². The smallest absolute Gasteiger partial charge is 0.312 e. The summed E-state index contributed by atoms with van der Waals surface area (Å²) in [7, 11) is 3.42. The summed E-state index contributed by atoms with van der Waals surface area (Å²) in [5.41, 5.74) is 2.18. The van der Waals surface area contributed by atoms with Crippen LogP contribution in [0.25, 0.3) is 10.8 Å². The maximum atomic E-state index is 14.4. The highest BCUT2D eigenvalue weighted by atomic mass is 16.7. The molecule has 2 aromatic carbocycles. The molecular formula is C49H65N7O13. The highest BCUT2D eigenvalue weighted by Gasteiger charge is 2.50. The summed E-state index contributed by atoms with van der Waals surface area (Å²) in [5, 5.41) is 66.8. The number of likely N-dealkylation sites (N-methyl/N-ethyl adjacent to an activating group) is 1. The van der Waals surface area contributed by atoms with E-state index in [0.29, 0.717) is 18.7 Å². The molecule has 0 spiro atoms. The van der Waals surface area contributed by atoms with Crippen molar-refractivity contribution in [3.8, 4) is 23.0 Å². The molecule has 0 radical (unpaired) electrons. The molecule has 5 bridgehead atoms. The van der Waals surface area contributed by atoms with Crippen molar-refractivity contribution >= 4 is 46.2 Å². The van der Waals surface area contributed by atoms with Gasteiger partial charge in [0.25, 0.3) is 17.6 Å². The number of esters is 1. The molecule has 20 nitrogen and oxygen atoms in total. The van der Waals surface area contributed by atoms with E-state index in [2.05, 4.69) is 20.3 Å². The van der Waals surface area contributed by atoms with Crippen molar-refractivity contribution in [3.05, 3.63) is 82.9 Å². The van der Waals surface area contributed by atoms with E-state index < -0.39 is 88.8 Å². The van der Waals surface area contributed by atoms with Crippen LogP contribution in [-0.4, -0.2) is 141 Å². The molecule has 7 rings (SSSR count). The van der Waals surface area contributed by atoms with Crippen molar-refractivity contribution < 1.29 is 63.7 Å². The first kappa shape index (κ1) is 53.4. The number of hydrazone groups is 1. The number of ketones is 1. The summed E-state index contributed by atoms with van der Waals surface area (Å²) in [6, 6.07) is 3.17. The highest BCUT2D eigenvalue weighted by molar-refractivity contribution is 6.23. The molecule has 9 atom stereocenters. The number of pyridine rings is 1. The SMILES string of the molecule is CO[C@H]1/C=C/O[C@@]2(C)Oc3c(C)c(O)c4c(O)c(c(/C=N\N5CCN(C)CC5)c(O)c4c3C2=O)NC(=O)/C(C)=C\C=C\[C@@H](C)[C@H](O)[C@@H](C)[C@H](O)[C@@H](C)[C@H](OC(C)=O)[C@@H]1C.NNC(=O)c1ccncc1. The van der Waals surface area contributed by atoms with Crippen LogP contribution in [0.5, 0.6) is 23.0 Å². The molecule has 5 heterocycles. The highest BCUT2D eigenvalue weighted by Crippen LogP contribution is 2.55. The number of hydrazine groups is 1. The van der Waals surface area contributed by atoms with Gasteiger partial charge in [-0.05, 0) is 39.1 Å². The molecule has 0 saturated carbocycles. The molecule has 3 aromatic rings. The number of aromatic nitrogens is 1. The summed E-state index contributed by atoms with van der Waals surface area (Å²) < 4.78 is 23.6. The Morgan fingerprint density at radius 1 is 0.957 bits per heavy atom. The Morgan fingerprint density at radius 2 is 1.61 bits per heavy atom. The number of nitrogens with zero attached hydrogens (tertiary/aromatic N) is 4. The Bertz CT molecular complexity index is 2510. The van der Waals surface area contributed by atoms with Crippen LogP contribution in [0.2, 0.25) is 0 Å². The van der Waals surface area contributed by atoms with Gasteiger partial charge in [0.15, 0.2) is 5.75 Å². The largest absolute Gasteiger partial charge is 0.507 e. The number of nitrogens with two attached hydrogens (primary N) is 1. The number of allylic oxidation sites excluding steroid dienone is 2. The molecule has 4 aliphatic rings. The quantitative estimate of drug-likeness (QED) is 0.0341. The van der Waals surface area contributed by atoms with Gasteiger partial charge in [0.1, 0.15) is 23.4 Å². The number of amides is 2. The number of ether oxygens (including phenoxy) is 4. The normalized spacial score (nSPS) is 28.7. The lowest BCUT2D eigenvalue weighted by Crippen LogP contribution is -2.46. The van der Waals surface area contributed by atoms with Crippen molar-refractivity contribution in [2.45, 2.75) is 85.6 Å². The zero-order valence-electron chi connectivity index (χ0n) is 40.6. The Morgan fingerprint density at radius 3 is 2.22 bits per heavy atom. The van der Waals surface area contributed by atoms with E-state index in [4.69, 9.17) is 24.8 Å². The number of rotatable bonds is 5. The Labute approximate surface area is 401 Å². The van der Waals surface area contributed by atoms with Crippen molar-refractivity contribution in [2.75, 3.05) is 45.7 Å². The molecule has 0 unspecified atom stereocenters. The molecule has 374 valence electrons. The first-order valence-electron chi connectivity index (χ1n) is 22.5. The van der Waals surface area contributed by atoms with Gasteiger partial charge in [0.2, 0.25) is 0 Å². The first-order chi connectivity index (χ1) is 32.6. The predicted molar refractivity (Wildman–Crippen MR) is 256 cm³/mol. The molecule has 20 heteroatoms. The molecule has 4 aliphatic heterocycles. The molecule has 1 fully saturated rings. The third-order valence-corrected chi connectivity index (χ3v) is 12.9. The lowest BCUT2D eigenvalue weighted by atomic mass is 9.78. The van der Waals surface area contributed by atoms with Gasteiger partial charge in [-0.2, -0.15) is 5.10 Å². The fourth-order valence-electron chi connectivity index (χ4n) is 8.51. The molecule has 0 aliphatic carbocycles. The van der Waals surface area contributed by atoms with Gasteiger partial charge in [-0.1, -0.05) is 45.9 Å². The summed E-state index contributed by atoms with van der Waals surface area (Å²) in [6.07, 6.45) is 7.93. The van der Waals surface area contributed by atoms with Crippen LogP contribution in [0.4, 0.5) is 5.69 Å². The predicted octanol–water partition coefficient (Wildman–Crippen LogP) is 4.02. The van der Waals surface area contributed by atoms with Crippen LogP contribution < -0.4 is 21.3 Å². The topological polar surface area (TPSA) is 288 Å². The molecule has 9 N–H and O–H groups in total. The second-order valence-electron chi connectivity index (χ2n) is 17.8. The zero-order chi connectivity index (χ0) is 51.1. The number of anilines is 1. The van der Waals surface area contributed by atoms with Crippen LogP contribution >= 0.6 is 0 Å². The van der Waals surface area contributed by atoms with E-state index in [9.17, 15) is 44.7 Å². The van der Waals surface area contributed by atoms with E-state index in [0.717, 1.165) is 13.1 Å². The number of phenols is 3. The van der Waals surface area contributed by atoms with Gasteiger partial charge < -0.3 is 54.7 Å². The van der Waals surface area contributed by atoms with E-state index in [1.807, 2.05) is 12.5 Å². The number of hydrogen-bond donors (Lipinski definition) is 8. The van der Waals surface area contributed by atoms with Crippen molar-refractivity contribution in [3.63, 3.8) is 0 Å². The van der Waals surface area contributed by atoms with Crippen LogP contribution in [-0.2, 0) is 23.8 Å². The van der Waals surface area contributed by atoms with E-state index in [1.54, 1.807) is 57.0 Å². The fourth-order valence-corrected chi connectivity index (χ4v) is 8.51. The number of nitrogens with one attached hydrogen (secondary N) is 2. The van der Waals surface area contributed by atoms with Crippen LogP contribution in [0.1, 0.15) is 80.3 Å². The number of carbonyl (C=O) groups excluding carboxylic acids is 4. The number of fused-ring (bicyclic) bond motifs is 14. The number of aliphatic hydroxyl groups is 2. The molecule has 2 amide bonds. The van der Waals surface area contributed by atoms with Gasteiger partial charge in [0, 0.05) is 105 Å². The maximum Gasteiger partial charge on any atom is 0.312 e. The van der Waals surface area contributed by atoms with E-state index >= 15 is 0 Å². The van der Waals surface area contributed by atoms with Gasteiger partial charge in [-0.15, -0.1) is 0 Å². The first-order valence-corrected chi connectivity index (χ1v) is 22.5. The van der Waals surface area contributed by atoms with Crippen LogP contribution in [0, 0.1) is 30.6 Å². The minimum absolute atomic E-state index is 0.0559. The number of Topliss-reactive ketones (excluding diaryl/α,β-unsaturated/α-hetero) is 1. The van der Waals surface area contributed by atoms with Crippen molar-refractivity contribution in [2.24, 2.45) is 34.6 Å². The number of aliphatic hydroxyl groups excluding tert-OH is 2. The standard InChI is InChI=1S/C43H58N4O12.C6H7N3O/c1-21-12-11-13-22(2)42(55)45-33-28(20-44-47-17-15-46(9)16-18-47)37(52)30-31(38(33)53)36(51)26(6)40-32(30)41(54)43(8,59-40)57-19-14-29(56-10)23(3)39(58-27(7)48)25(5)35(50)24(4)34(21)49;7-9-6(10)5-1-3-8-4-2-5/h11-14,19-21,23-25,29,34-35,39,49-53H,15-18H2,1-10H3,(H,45,55);1-4H,7H2,(H,9,10)/b12-11+,19-14+,22-13-,44-20-;/t21-,23-,24-,25-,29+,34+,35+,39-,43+;/m1./s1. The monoisotopic (exact) mass is 959 g/mol. The van der Waals surface area contributed by atoms with Crippen LogP contribution in [0.15, 0.2) is 65.8 Å². The number of benzene rings is 2. The number of aromatic hydroxyl groups is 3. The Hall–Kier alpha value is -6.58. The zero-order valence-corrected chi connectivity index (χ0v) is 40.6. The third kappa shape index (κ3) is 11.7. The summed E-state index contributed by atoms with van der Waals surface area (Å²) in [6.45, 7) is 15.1. The van der Waals surface area contributed by atoms with Crippen LogP contribution in [0.3, 0.4) is 0 Å². The fraction of sp³-hybridized carbons (Fsp3) is 0.469. The average molecular weight is 960 g/mol. The lowest BCUT2D eigenvalue weighted by molar-refractivity contribution is -0.160. The molecule has 1 aromatic heterocycles. The van der Waals surface area contributed by atoms with Gasteiger partial charge in [0.05, 0.1) is 53.0 Å². The summed E-state index contributed by atoms with van der Waals surface area (Å²) in [4.78, 5) is 57.1. The second-order valence-corrected chi connectivity index (χ2v) is 17.8. The molecule has 1 saturated heterocycles. The van der Waals surface area contributed by atoms with Crippen molar-refractivity contribution in [1.82, 2.24) is 20.3 Å². The maximum absolute atomic E-state index is 14.4. The van der Waals surface area contributed by atoms with Crippen molar-refractivity contribution in [1.29, 1.82) is 0 Å². The minimum atomic E-state index is -2.04. The number of phenolic OH excluding ortho intramolecular Hbond substituents is 3. The average Bonchev–Trinajstić information content (AvgIpc) is 3.60. The number of piperazine rings is 1. The Balaban J connectivity index is 0.000000787. The number of carbonyl (C=O) groups is 4. The van der Waals surface area contributed by atoms with Gasteiger partial charge in [-0.25, -0.2) is 5.84 Å². The lowest BCUT2D eigenvalue weighted by Gasteiger charge is -2.38. The number of nitrogen functional groups attached to an aromatic ring is 1. The minimum Gasteiger partial charge on any atom is -0.507 e. The summed E-state index contributed by atoms with van der Waals surface area (Å²) in [5.74, 6) is -3.76. The Kier molecular flexibility index (Phi) is 17.5. The second kappa shape index (κ2) is 22.7. The van der Waals surface area contributed by atoms with E-state index in [-0.39, 0.29) is 50.4 Å². The molecule has 69 heavy (non-hydrogen) atoms. The molecular weight excluding hydrogens is 895 g/mol. The summed E-state index contributed by atoms with van der Waals surface area (Å²) >= 11 is 0. The number of methoxy groups -OCH3 is 1. The third-order valence-electron chi connectivity index (χ3n) is 12.9.